The Bertz CT molecular complexity index is 227. The first-order valence-electron chi connectivity index (χ1n) is 6.77. The summed E-state index contributed by atoms with van der Waals surface area (Å²) in [6, 6.07) is 0.849. The normalized spacial score (nSPS) is 28.3. The molecule has 1 atom stereocenters. The number of rotatable bonds is 4. The molecule has 3 heteroatoms. The lowest BCUT2D eigenvalue weighted by Gasteiger charge is -2.41. The van der Waals surface area contributed by atoms with Gasteiger partial charge in [0.1, 0.15) is 0 Å². The highest BCUT2D eigenvalue weighted by Crippen LogP contribution is 2.26. The van der Waals surface area contributed by atoms with E-state index in [0.29, 0.717) is 5.41 Å². The van der Waals surface area contributed by atoms with Crippen LogP contribution in [-0.4, -0.2) is 55.1 Å². The van der Waals surface area contributed by atoms with Crippen molar-refractivity contribution in [3.63, 3.8) is 0 Å². The predicted molar refractivity (Wildman–Crippen MR) is 68.5 cm³/mol. The summed E-state index contributed by atoms with van der Waals surface area (Å²) in [5, 5.41) is 0. The van der Waals surface area contributed by atoms with Gasteiger partial charge in [-0.2, -0.15) is 0 Å². The van der Waals surface area contributed by atoms with Gasteiger partial charge in [-0.05, 0) is 37.8 Å². The molecule has 0 bridgehead atoms. The van der Waals surface area contributed by atoms with Crippen LogP contribution in [0.15, 0.2) is 0 Å². The summed E-state index contributed by atoms with van der Waals surface area (Å²) in [5.74, 6) is 0. The lowest BCUT2D eigenvalue weighted by molar-refractivity contribution is 0.0726. The number of nitrogens with zero attached hydrogens (tertiary/aromatic N) is 2. The molecule has 0 radical (unpaired) electrons. The molecule has 16 heavy (non-hydrogen) atoms. The van der Waals surface area contributed by atoms with Crippen LogP contribution in [0.3, 0.4) is 0 Å². The molecule has 2 heterocycles. The Morgan fingerprint density at radius 3 is 2.81 bits per heavy atom. The third kappa shape index (κ3) is 2.96. The molecule has 2 aliphatic heterocycles. The quantitative estimate of drug-likeness (QED) is 0.779. The highest BCUT2D eigenvalue weighted by atomic mass is 15.3. The largest absolute Gasteiger partial charge is 0.330 e. The zero-order valence-corrected chi connectivity index (χ0v) is 10.9. The second-order valence-electron chi connectivity index (χ2n) is 6.27. The van der Waals surface area contributed by atoms with Crippen LogP contribution in [0.5, 0.6) is 0 Å². The summed E-state index contributed by atoms with van der Waals surface area (Å²) in [5.41, 5.74) is 6.06. The summed E-state index contributed by atoms with van der Waals surface area (Å²) in [4.78, 5) is 5.33. The van der Waals surface area contributed by atoms with Crippen molar-refractivity contribution in [2.45, 2.75) is 39.2 Å². The lowest BCUT2D eigenvalue weighted by Crippen LogP contribution is -2.52. The van der Waals surface area contributed by atoms with Crippen molar-refractivity contribution >= 4 is 0 Å². The minimum absolute atomic E-state index is 0.384. The smallest absolute Gasteiger partial charge is 0.0224 e. The van der Waals surface area contributed by atoms with Crippen LogP contribution < -0.4 is 5.73 Å². The second-order valence-corrected chi connectivity index (χ2v) is 6.27. The summed E-state index contributed by atoms with van der Waals surface area (Å²) >= 11 is 0. The summed E-state index contributed by atoms with van der Waals surface area (Å²) in [6.45, 7) is 11.9. The van der Waals surface area contributed by atoms with E-state index in [1.165, 1.54) is 45.6 Å². The monoisotopic (exact) mass is 225 g/mol. The van der Waals surface area contributed by atoms with Crippen molar-refractivity contribution in [1.82, 2.24) is 9.80 Å². The van der Waals surface area contributed by atoms with Gasteiger partial charge in [0.2, 0.25) is 0 Å². The molecule has 1 unspecified atom stereocenters. The van der Waals surface area contributed by atoms with Crippen LogP contribution >= 0.6 is 0 Å². The van der Waals surface area contributed by atoms with Crippen LogP contribution in [0.4, 0.5) is 0 Å². The fraction of sp³-hybridized carbons (Fsp3) is 1.00. The van der Waals surface area contributed by atoms with Gasteiger partial charge in [0.05, 0.1) is 0 Å². The zero-order valence-electron chi connectivity index (χ0n) is 10.9. The Labute approximate surface area is 100.0 Å². The van der Waals surface area contributed by atoms with E-state index in [9.17, 15) is 0 Å². The van der Waals surface area contributed by atoms with Gasteiger partial charge in [-0.3, -0.25) is 9.80 Å². The van der Waals surface area contributed by atoms with Gasteiger partial charge >= 0.3 is 0 Å². The Kier molecular flexibility index (Phi) is 3.88. The number of piperazine rings is 1. The Hall–Kier alpha value is -0.120. The summed E-state index contributed by atoms with van der Waals surface area (Å²) in [7, 11) is 0. The molecule has 0 spiro atoms. The van der Waals surface area contributed by atoms with Gasteiger partial charge in [-0.25, -0.2) is 0 Å². The molecule has 2 N–H and O–H groups in total. The number of nitrogens with two attached hydrogens (primary N) is 1. The first-order chi connectivity index (χ1) is 7.61. The minimum atomic E-state index is 0.384. The average molecular weight is 225 g/mol. The molecule has 2 fully saturated rings. The van der Waals surface area contributed by atoms with Crippen LogP contribution in [0.1, 0.15) is 33.1 Å². The fourth-order valence-corrected chi connectivity index (χ4v) is 3.27. The molecule has 0 saturated carbocycles. The van der Waals surface area contributed by atoms with Crippen LogP contribution in [0.2, 0.25) is 0 Å². The van der Waals surface area contributed by atoms with Gasteiger partial charge in [0.25, 0.3) is 0 Å². The summed E-state index contributed by atoms with van der Waals surface area (Å²) in [6.07, 6.45) is 3.95. The average Bonchev–Trinajstić information content (AvgIpc) is 2.63. The number of fused-ring (bicyclic) bond motifs is 1. The van der Waals surface area contributed by atoms with E-state index in [0.717, 1.165) is 19.0 Å². The highest BCUT2D eigenvalue weighted by Gasteiger charge is 2.32. The molecule has 2 saturated heterocycles. The maximum absolute atomic E-state index is 5.68. The van der Waals surface area contributed by atoms with Crippen molar-refractivity contribution in [2.24, 2.45) is 11.1 Å². The molecule has 0 aromatic carbocycles. The molecular formula is C13H27N3. The van der Waals surface area contributed by atoms with E-state index < -0.39 is 0 Å². The molecule has 0 amide bonds. The molecule has 94 valence electrons. The van der Waals surface area contributed by atoms with E-state index in [2.05, 4.69) is 23.6 Å². The molecule has 2 aliphatic rings. The Morgan fingerprint density at radius 2 is 2.06 bits per heavy atom. The Balaban J connectivity index is 1.82. The van der Waals surface area contributed by atoms with Crippen molar-refractivity contribution in [2.75, 3.05) is 39.3 Å². The first-order valence-corrected chi connectivity index (χ1v) is 6.77. The van der Waals surface area contributed by atoms with E-state index in [1.54, 1.807) is 0 Å². The van der Waals surface area contributed by atoms with Crippen molar-refractivity contribution < 1.29 is 0 Å². The topological polar surface area (TPSA) is 32.5 Å². The van der Waals surface area contributed by atoms with Crippen LogP contribution in [0, 0.1) is 5.41 Å². The number of hydrogen-bond donors (Lipinski definition) is 1. The predicted octanol–water partition coefficient (Wildman–Crippen LogP) is 1.14. The fourth-order valence-electron chi connectivity index (χ4n) is 3.27. The van der Waals surface area contributed by atoms with Gasteiger partial charge < -0.3 is 5.73 Å². The molecule has 0 aromatic rings. The maximum atomic E-state index is 5.68. The third-order valence-corrected chi connectivity index (χ3v) is 4.14. The summed E-state index contributed by atoms with van der Waals surface area (Å²) < 4.78 is 0. The SMILES string of the molecule is CC(C)(CCN)CN1CCN2CCCC2C1. The maximum Gasteiger partial charge on any atom is 0.0224 e. The highest BCUT2D eigenvalue weighted by molar-refractivity contribution is 4.88. The lowest BCUT2D eigenvalue weighted by atomic mass is 9.88. The minimum Gasteiger partial charge on any atom is -0.330 e. The van der Waals surface area contributed by atoms with E-state index in [-0.39, 0.29) is 0 Å². The molecule has 3 nitrogen and oxygen atoms in total. The number of hydrogen-bond acceptors (Lipinski definition) is 3. The van der Waals surface area contributed by atoms with Crippen LogP contribution in [0.25, 0.3) is 0 Å². The van der Waals surface area contributed by atoms with Gasteiger partial charge in [0.15, 0.2) is 0 Å². The molecule has 2 rings (SSSR count). The first kappa shape index (κ1) is 12.3. The van der Waals surface area contributed by atoms with Crippen LogP contribution in [-0.2, 0) is 0 Å². The van der Waals surface area contributed by atoms with Crippen molar-refractivity contribution in [3.8, 4) is 0 Å². The zero-order chi connectivity index (χ0) is 11.6. The standard InChI is InChI=1S/C13H27N3/c1-13(2,5-6-14)11-15-8-9-16-7-3-4-12(16)10-15/h12H,3-11,14H2,1-2H3. The van der Waals surface area contributed by atoms with Gasteiger partial charge in [0, 0.05) is 32.2 Å². The molecule has 0 aliphatic carbocycles. The van der Waals surface area contributed by atoms with Crippen molar-refractivity contribution in [3.05, 3.63) is 0 Å². The van der Waals surface area contributed by atoms with E-state index in [1.807, 2.05) is 0 Å². The molecular weight excluding hydrogens is 198 g/mol. The van der Waals surface area contributed by atoms with E-state index in [4.69, 9.17) is 5.73 Å². The second kappa shape index (κ2) is 5.03. The third-order valence-electron chi connectivity index (χ3n) is 4.14. The van der Waals surface area contributed by atoms with Crippen molar-refractivity contribution in [1.29, 1.82) is 0 Å². The molecule has 0 aromatic heterocycles. The Morgan fingerprint density at radius 1 is 1.25 bits per heavy atom. The van der Waals surface area contributed by atoms with Gasteiger partial charge in [-0.15, -0.1) is 0 Å². The van der Waals surface area contributed by atoms with Gasteiger partial charge in [-0.1, -0.05) is 13.8 Å². The van der Waals surface area contributed by atoms with E-state index >= 15 is 0 Å².